The van der Waals surface area contributed by atoms with E-state index in [0.717, 1.165) is 5.56 Å². The lowest BCUT2D eigenvalue weighted by atomic mass is 10.2. The van der Waals surface area contributed by atoms with Crippen LogP contribution in [0.1, 0.15) is 19.4 Å². The molecule has 108 valence electrons. The monoisotopic (exact) mass is 331 g/mol. The lowest BCUT2D eigenvalue weighted by Gasteiger charge is -2.09. The number of Topliss-reactive ketones (excluding diaryl/α,β-unsaturated/α-hetero) is 1. The predicted molar refractivity (Wildman–Crippen MR) is 87.1 cm³/mol. The Bertz CT molecular complexity index is 579. The van der Waals surface area contributed by atoms with E-state index in [1.54, 1.807) is 19.2 Å². The number of halogens is 2. The third-order valence-electron chi connectivity index (χ3n) is 2.51. The lowest BCUT2D eigenvalue weighted by Crippen LogP contribution is -2.10. The smallest absolute Gasteiger partial charge is 0.165 e. The molecular weight excluding hydrogens is 317 g/mol. The van der Waals surface area contributed by atoms with Crippen molar-refractivity contribution in [2.24, 2.45) is 4.99 Å². The summed E-state index contributed by atoms with van der Waals surface area (Å²) in [5.41, 5.74) is 1.13. The molecule has 1 rings (SSSR count). The highest BCUT2D eigenvalue weighted by Crippen LogP contribution is 2.27. The number of hydrogen-bond acceptors (Lipinski definition) is 4. The number of rotatable bonds is 4. The summed E-state index contributed by atoms with van der Waals surface area (Å²) in [4.78, 5) is 15.6. The van der Waals surface area contributed by atoms with Crippen LogP contribution in [0.15, 0.2) is 34.5 Å². The molecule has 6 heteroatoms. The number of nitrogens with zero attached hydrogens (tertiary/aromatic N) is 1. The van der Waals surface area contributed by atoms with Gasteiger partial charge >= 0.3 is 0 Å². The fourth-order valence-electron chi connectivity index (χ4n) is 1.59. The standard InChI is InChI=1S/C14H15Cl2NO2S/c1-8(18)13(9(2)19)14(17-3)20-7-10-4-5-11(15)6-12(10)16/h4-6,18H,7H2,1-3H3/b13-8-,17-14?. The molecule has 20 heavy (non-hydrogen) atoms. The Balaban J connectivity index is 2.91. The average Bonchev–Trinajstić information content (AvgIpc) is 2.34. The SMILES string of the molecule is CN=C(SCc1ccc(Cl)cc1Cl)/C(C(C)=O)=C(/C)O. The molecule has 0 aliphatic heterocycles. The minimum absolute atomic E-state index is 0.0344. The maximum absolute atomic E-state index is 11.6. The van der Waals surface area contributed by atoms with Gasteiger partial charge in [0.15, 0.2) is 5.78 Å². The maximum atomic E-state index is 11.6. The number of aliphatic hydroxyl groups is 1. The van der Waals surface area contributed by atoms with Crippen LogP contribution in [0.25, 0.3) is 0 Å². The van der Waals surface area contributed by atoms with Crippen LogP contribution in [0.3, 0.4) is 0 Å². The van der Waals surface area contributed by atoms with Gasteiger partial charge in [-0.25, -0.2) is 0 Å². The Hall–Kier alpha value is -0.970. The summed E-state index contributed by atoms with van der Waals surface area (Å²) in [6, 6.07) is 5.25. The van der Waals surface area contributed by atoms with Crippen molar-refractivity contribution >= 4 is 45.8 Å². The first-order valence-corrected chi connectivity index (χ1v) is 7.55. The Morgan fingerprint density at radius 3 is 2.45 bits per heavy atom. The van der Waals surface area contributed by atoms with Gasteiger partial charge in [-0.05, 0) is 31.5 Å². The van der Waals surface area contributed by atoms with Crippen LogP contribution in [0.5, 0.6) is 0 Å². The highest BCUT2D eigenvalue weighted by Gasteiger charge is 2.16. The zero-order chi connectivity index (χ0) is 15.3. The van der Waals surface area contributed by atoms with Crippen molar-refractivity contribution in [1.82, 2.24) is 0 Å². The first-order valence-electron chi connectivity index (χ1n) is 5.81. The summed E-state index contributed by atoms with van der Waals surface area (Å²) in [7, 11) is 1.58. The molecule has 0 aliphatic carbocycles. The third-order valence-corrected chi connectivity index (χ3v) is 4.21. The van der Waals surface area contributed by atoms with Crippen molar-refractivity contribution in [3.63, 3.8) is 0 Å². The molecule has 0 atom stereocenters. The summed E-state index contributed by atoms with van der Waals surface area (Å²) in [5, 5.41) is 11.2. The second-order valence-corrected chi connectivity index (χ2v) is 5.88. The third kappa shape index (κ3) is 4.54. The van der Waals surface area contributed by atoms with Crippen LogP contribution in [0.4, 0.5) is 0 Å². The fourth-order valence-corrected chi connectivity index (χ4v) is 3.26. The summed E-state index contributed by atoms with van der Waals surface area (Å²) >= 11 is 13.3. The van der Waals surface area contributed by atoms with E-state index < -0.39 is 0 Å². The number of aliphatic imine (C=N–C) groups is 1. The second-order valence-electron chi connectivity index (χ2n) is 4.07. The van der Waals surface area contributed by atoms with Crippen LogP contribution in [0.2, 0.25) is 10.0 Å². The number of allylic oxidation sites excluding steroid dienone is 1. The average molecular weight is 332 g/mol. The molecule has 0 saturated heterocycles. The number of carbonyl (C=O) groups is 1. The number of benzene rings is 1. The van der Waals surface area contributed by atoms with Gasteiger partial charge in [-0.3, -0.25) is 9.79 Å². The number of aliphatic hydroxyl groups excluding tert-OH is 1. The largest absolute Gasteiger partial charge is 0.512 e. The molecule has 0 aromatic heterocycles. The minimum atomic E-state index is -0.222. The number of ketones is 1. The zero-order valence-electron chi connectivity index (χ0n) is 11.4. The van der Waals surface area contributed by atoms with E-state index in [1.807, 2.05) is 6.07 Å². The summed E-state index contributed by atoms with van der Waals surface area (Å²) in [5.74, 6) is 0.278. The molecule has 0 unspecified atom stereocenters. The van der Waals surface area contributed by atoms with E-state index >= 15 is 0 Å². The quantitative estimate of drug-likeness (QED) is 0.377. The first kappa shape index (κ1) is 17.1. The molecule has 0 aliphatic rings. The molecule has 1 N–H and O–H groups in total. The minimum Gasteiger partial charge on any atom is -0.512 e. The van der Waals surface area contributed by atoms with Gasteiger partial charge in [-0.15, -0.1) is 11.8 Å². The molecule has 0 heterocycles. The highest BCUT2D eigenvalue weighted by molar-refractivity contribution is 8.13. The van der Waals surface area contributed by atoms with Crippen LogP contribution in [0, 0.1) is 0 Å². The number of carbonyl (C=O) groups excluding carboxylic acids is 1. The van der Waals surface area contributed by atoms with Crippen molar-refractivity contribution in [3.05, 3.63) is 45.1 Å². The molecule has 0 amide bonds. The van der Waals surface area contributed by atoms with Gasteiger partial charge in [0.05, 0.1) is 5.57 Å². The summed E-state index contributed by atoms with van der Waals surface area (Å²) < 4.78 is 0. The Morgan fingerprint density at radius 2 is 2.00 bits per heavy atom. The van der Waals surface area contributed by atoms with Crippen LogP contribution >= 0.6 is 35.0 Å². The van der Waals surface area contributed by atoms with Gasteiger partial charge in [0.2, 0.25) is 0 Å². The van der Waals surface area contributed by atoms with Gasteiger partial charge in [0.1, 0.15) is 10.8 Å². The van der Waals surface area contributed by atoms with E-state index in [-0.39, 0.29) is 17.1 Å². The van der Waals surface area contributed by atoms with Gasteiger partial charge in [-0.2, -0.15) is 0 Å². The Morgan fingerprint density at radius 1 is 1.35 bits per heavy atom. The van der Waals surface area contributed by atoms with Gasteiger partial charge in [0, 0.05) is 22.8 Å². The molecule has 1 aromatic rings. The number of hydrogen-bond donors (Lipinski definition) is 1. The van der Waals surface area contributed by atoms with Gasteiger partial charge < -0.3 is 5.11 Å². The van der Waals surface area contributed by atoms with E-state index in [9.17, 15) is 9.90 Å². The molecule has 0 spiro atoms. The van der Waals surface area contributed by atoms with Crippen LogP contribution in [-0.4, -0.2) is 23.0 Å². The normalized spacial score (nSPS) is 13.2. The molecule has 0 fully saturated rings. The van der Waals surface area contributed by atoms with Crippen molar-refractivity contribution in [3.8, 4) is 0 Å². The molecule has 3 nitrogen and oxygen atoms in total. The predicted octanol–water partition coefficient (Wildman–Crippen LogP) is 4.68. The van der Waals surface area contributed by atoms with E-state index in [0.29, 0.717) is 20.8 Å². The van der Waals surface area contributed by atoms with Crippen LogP contribution in [-0.2, 0) is 10.5 Å². The van der Waals surface area contributed by atoms with Crippen molar-refractivity contribution in [2.45, 2.75) is 19.6 Å². The zero-order valence-corrected chi connectivity index (χ0v) is 13.7. The second kappa shape index (κ2) is 7.72. The van der Waals surface area contributed by atoms with Crippen LogP contribution < -0.4 is 0 Å². The molecular formula is C14H15Cl2NO2S. The van der Waals surface area contributed by atoms with E-state index in [1.165, 1.54) is 25.6 Å². The topological polar surface area (TPSA) is 49.7 Å². The van der Waals surface area contributed by atoms with Crippen molar-refractivity contribution in [1.29, 1.82) is 0 Å². The highest BCUT2D eigenvalue weighted by atomic mass is 35.5. The Kier molecular flexibility index (Phi) is 6.59. The summed E-state index contributed by atoms with van der Waals surface area (Å²) in [6.07, 6.45) is 0. The maximum Gasteiger partial charge on any atom is 0.165 e. The number of thioether (sulfide) groups is 1. The van der Waals surface area contributed by atoms with Gasteiger partial charge in [0.25, 0.3) is 0 Å². The summed E-state index contributed by atoms with van der Waals surface area (Å²) in [6.45, 7) is 2.87. The first-order chi connectivity index (χ1) is 9.36. The Labute approximate surface area is 132 Å². The van der Waals surface area contributed by atoms with E-state index in [2.05, 4.69) is 4.99 Å². The molecule has 1 aromatic carbocycles. The van der Waals surface area contributed by atoms with Crippen molar-refractivity contribution in [2.75, 3.05) is 7.05 Å². The van der Waals surface area contributed by atoms with E-state index in [4.69, 9.17) is 23.2 Å². The van der Waals surface area contributed by atoms with Crippen molar-refractivity contribution < 1.29 is 9.90 Å². The van der Waals surface area contributed by atoms with Gasteiger partial charge in [-0.1, -0.05) is 29.3 Å². The molecule has 0 saturated carbocycles. The lowest BCUT2D eigenvalue weighted by molar-refractivity contribution is -0.113. The fraction of sp³-hybridized carbons (Fsp3) is 0.286. The molecule has 0 bridgehead atoms. The molecule has 0 radical (unpaired) electrons.